The molecule has 23 heavy (non-hydrogen) atoms. The van der Waals surface area contributed by atoms with Gasteiger partial charge in [0, 0.05) is 19.1 Å². The van der Waals surface area contributed by atoms with Crippen LogP contribution in [-0.2, 0) is 14.8 Å². The highest BCUT2D eigenvalue weighted by Gasteiger charge is 2.33. The number of sulfonamides is 1. The van der Waals surface area contributed by atoms with E-state index in [0.29, 0.717) is 24.3 Å². The third kappa shape index (κ3) is 4.29. The van der Waals surface area contributed by atoms with Gasteiger partial charge in [-0.15, -0.1) is 0 Å². The van der Waals surface area contributed by atoms with Gasteiger partial charge in [-0.25, -0.2) is 17.5 Å². The minimum Gasteiger partial charge on any atom is -0.384 e. The van der Waals surface area contributed by atoms with Gasteiger partial charge < -0.3 is 10.1 Å². The van der Waals surface area contributed by atoms with Gasteiger partial charge in [-0.05, 0) is 63.0 Å². The molecule has 1 aromatic rings. The minimum absolute atomic E-state index is 0.107. The molecule has 0 unspecified atom stereocenters. The second kappa shape index (κ2) is 7.25. The highest BCUT2D eigenvalue weighted by Crippen LogP contribution is 2.29. The molecule has 5 nitrogen and oxygen atoms in total. The molecule has 1 saturated heterocycles. The molecule has 2 N–H and O–H groups in total. The van der Waals surface area contributed by atoms with Gasteiger partial charge >= 0.3 is 0 Å². The molecular weight excluding hydrogens is 319 g/mol. The van der Waals surface area contributed by atoms with Gasteiger partial charge in [-0.3, -0.25) is 0 Å². The van der Waals surface area contributed by atoms with E-state index in [1.54, 1.807) is 21.0 Å². The summed E-state index contributed by atoms with van der Waals surface area (Å²) in [7, 11) is -2.04. The van der Waals surface area contributed by atoms with Crippen LogP contribution in [0.5, 0.6) is 0 Å². The van der Waals surface area contributed by atoms with Gasteiger partial charge in [0.2, 0.25) is 10.0 Å². The van der Waals surface area contributed by atoms with Crippen LogP contribution in [0.15, 0.2) is 17.0 Å². The molecular formula is C16H25FN2O3S. The van der Waals surface area contributed by atoms with Crippen LogP contribution in [0.3, 0.4) is 0 Å². The average molecular weight is 344 g/mol. The molecule has 2 rings (SSSR count). The molecule has 1 aliphatic heterocycles. The Balaban J connectivity index is 2.17. The first-order chi connectivity index (χ1) is 10.8. The van der Waals surface area contributed by atoms with Gasteiger partial charge in [0.15, 0.2) is 0 Å². The molecule has 0 aliphatic carbocycles. The first-order valence-electron chi connectivity index (χ1n) is 7.76. The zero-order valence-corrected chi connectivity index (χ0v) is 14.7. The van der Waals surface area contributed by atoms with Crippen LogP contribution >= 0.6 is 0 Å². The largest absolute Gasteiger partial charge is 0.384 e. The maximum atomic E-state index is 13.7. The normalized spacial score (nSPS) is 18.1. The number of methoxy groups -OCH3 is 1. The first-order valence-corrected chi connectivity index (χ1v) is 9.24. The van der Waals surface area contributed by atoms with E-state index >= 15 is 0 Å². The lowest BCUT2D eigenvalue weighted by atomic mass is 9.80. The van der Waals surface area contributed by atoms with Crippen molar-refractivity contribution in [3.8, 4) is 0 Å². The van der Waals surface area contributed by atoms with E-state index in [1.807, 2.05) is 0 Å². The van der Waals surface area contributed by atoms with E-state index in [-0.39, 0.29) is 16.1 Å². The summed E-state index contributed by atoms with van der Waals surface area (Å²) < 4.78 is 46.8. The van der Waals surface area contributed by atoms with Gasteiger partial charge in [-0.2, -0.15) is 0 Å². The van der Waals surface area contributed by atoms with Crippen LogP contribution in [0.4, 0.5) is 4.39 Å². The number of piperidine rings is 1. The number of rotatable bonds is 6. The predicted molar refractivity (Wildman–Crippen MR) is 87.5 cm³/mol. The average Bonchev–Trinajstić information content (AvgIpc) is 2.51. The Labute approximate surface area is 137 Å². The Morgan fingerprint density at radius 2 is 1.83 bits per heavy atom. The highest BCUT2D eigenvalue weighted by molar-refractivity contribution is 7.89. The molecule has 1 fully saturated rings. The number of aryl methyl sites for hydroxylation is 2. The Kier molecular flexibility index (Phi) is 5.78. The summed E-state index contributed by atoms with van der Waals surface area (Å²) in [5.41, 5.74) is 0.467. The molecule has 1 heterocycles. The van der Waals surface area contributed by atoms with Crippen LogP contribution in [0, 0.1) is 25.1 Å². The third-order valence-electron chi connectivity index (χ3n) is 4.47. The van der Waals surface area contributed by atoms with Crippen LogP contribution in [-0.4, -0.2) is 41.8 Å². The molecule has 0 amide bonds. The number of nitrogens with one attached hydrogen (secondary N) is 2. The number of hydrogen-bond acceptors (Lipinski definition) is 4. The van der Waals surface area contributed by atoms with Crippen LogP contribution in [0.2, 0.25) is 0 Å². The standard InChI is InChI=1S/C16H25FN2O3S/c1-12-8-14(9-13(2)15(12)17)23(20,21)19-10-16(11-22-3)4-6-18-7-5-16/h8-9,18-19H,4-7,10-11H2,1-3H3. The molecule has 0 aromatic heterocycles. The topological polar surface area (TPSA) is 67.4 Å². The van der Waals surface area contributed by atoms with Crippen molar-refractivity contribution in [1.29, 1.82) is 0 Å². The number of ether oxygens (including phenoxy) is 1. The molecule has 130 valence electrons. The van der Waals surface area contributed by atoms with Gasteiger partial charge in [0.25, 0.3) is 0 Å². The first kappa shape index (κ1) is 18.3. The lowest BCUT2D eigenvalue weighted by Gasteiger charge is -2.37. The fourth-order valence-electron chi connectivity index (χ4n) is 3.03. The van der Waals surface area contributed by atoms with Crippen molar-refractivity contribution in [2.45, 2.75) is 31.6 Å². The van der Waals surface area contributed by atoms with Crippen molar-refractivity contribution in [3.05, 3.63) is 29.1 Å². The van der Waals surface area contributed by atoms with Crippen molar-refractivity contribution in [2.24, 2.45) is 5.41 Å². The maximum absolute atomic E-state index is 13.7. The van der Waals surface area contributed by atoms with E-state index in [4.69, 9.17) is 4.74 Å². The number of hydrogen-bond donors (Lipinski definition) is 2. The van der Waals surface area contributed by atoms with Crippen molar-refractivity contribution >= 4 is 10.0 Å². The smallest absolute Gasteiger partial charge is 0.240 e. The van der Waals surface area contributed by atoms with Gasteiger partial charge in [-0.1, -0.05) is 0 Å². The fourth-order valence-corrected chi connectivity index (χ4v) is 4.35. The Morgan fingerprint density at radius 3 is 2.35 bits per heavy atom. The second-order valence-corrected chi connectivity index (χ2v) is 8.15. The monoisotopic (exact) mass is 344 g/mol. The summed E-state index contributed by atoms with van der Waals surface area (Å²) in [6.07, 6.45) is 1.70. The zero-order chi connectivity index (χ0) is 17.1. The number of halogens is 1. The molecule has 0 radical (unpaired) electrons. The zero-order valence-electron chi connectivity index (χ0n) is 13.9. The van der Waals surface area contributed by atoms with E-state index in [2.05, 4.69) is 10.0 Å². The molecule has 0 atom stereocenters. The quantitative estimate of drug-likeness (QED) is 0.825. The molecule has 0 spiro atoms. The second-order valence-electron chi connectivity index (χ2n) is 6.38. The fraction of sp³-hybridized carbons (Fsp3) is 0.625. The summed E-state index contributed by atoms with van der Waals surface area (Å²) in [5.74, 6) is -0.363. The number of benzene rings is 1. The van der Waals surface area contributed by atoms with E-state index in [1.165, 1.54) is 12.1 Å². The highest BCUT2D eigenvalue weighted by atomic mass is 32.2. The molecule has 0 saturated carbocycles. The molecule has 1 aromatic carbocycles. The predicted octanol–water partition coefficient (Wildman–Crippen LogP) is 1.74. The van der Waals surface area contributed by atoms with E-state index in [9.17, 15) is 12.8 Å². The van der Waals surface area contributed by atoms with E-state index in [0.717, 1.165) is 25.9 Å². The molecule has 1 aliphatic rings. The van der Waals surface area contributed by atoms with Crippen LogP contribution < -0.4 is 10.0 Å². The Hall–Kier alpha value is -1.02. The summed E-state index contributed by atoms with van der Waals surface area (Å²) in [5, 5.41) is 3.27. The van der Waals surface area contributed by atoms with Crippen LogP contribution in [0.25, 0.3) is 0 Å². The summed E-state index contributed by atoms with van der Waals surface area (Å²) >= 11 is 0. The summed E-state index contributed by atoms with van der Waals surface area (Å²) in [4.78, 5) is 0.107. The van der Waals surface area contributed by atoms with Crippen molar-refractivity contribution in [2.75, 3.05) is 33.4 Å². The lowest BCUT2D eigenvalue weighted by molar-refractivity contribution is 0.0577. The van der Waals surface area contributed by atoms with Gasteiger partial charge in [0.05, 0.1) is 11.5 Å². The Bertz CT molecular complexity index is 627. The summed E-state index contributed by atoms with van der Waals surface area (Å²) in [6.45, 7) is 5.67. The SMILES string of the molecule is COCC1(CNS(=O)(=O)c2cc(C)c(F)c(C)c2)CCNCC1. The lowest BCUT2D eigenvalue weighted by Crippen LogP contribution is -2.47. The molecule has 0 bridgehead atoms. The van der Waals surface area contributed by atoms with Crippen molar-refractivity contribution in [1.82, 2.24) is 10.0 Å². The van der Waals surface area contributed by atoms with Crippen molar-refractivity contribution in [3.63, 3.8) is 0 Å². The maximum Gasteiger partial charge on any atom is 0.240 e. The third-order valence-corrected chi connectivity index (χ3v) is 5.85. The molecule has 7 heteroatoms. The summed E-state index contributed by atoms with van der Waals surface area (Å²) in [6, 6.07) is 2.74. The van der Waals surface area contributed by atoms with Crippen molar-refractivity contribution < 1.29 is 17.5 Å². The Morgan fingerprint density at radius 1 is 1.26 bits per heavy atom. The minimum atomic E-state index is -3.67. The van der Waals surface area contributed by atoms with E-state index < -0.39 is 10.0 Å². The van der Waals surface area contributed by atoms with Crippen LogP contribution in [0.1, 0.15) is 24.0 Å². The van der Waals surface area contributed by atoms with Gasteiger partial charge in [0.1, 0.15) is 5.82 Å².